The van der Waals surface area contributed by atoms with Gasteiger partial charge in [-0.25, -0.2) is 14.3 Å². The summed E-state index contributed by atoms with van der Waals surface area (Å²) in [5.74, 6) is 0.00587. The third-order valence-electron chi connectivity index (χ3n) is 2.61. The van der Waals surface area contributed by atoms with Crippen molar-refractivity contribution < 1.29 is 14.2 Å². The number of amidine groups is 1. The van der Waals surface area contributed by atoms with Gasteiger partial charge < -0.3 is 0 Å². The molecule has 1 atom stereocenters. The number of aliphatic imine (C=N–C) groups is 1. The van der Waals surface area contributed by atoms with Crippen molar-refractivity contribution >= 4 is 24.1 Å². The second-order valence-corrected chi connectivity index (χ2v) is 3.59. The molecule has 0 bridgehead atoms. The SMILES string of the molecule is CN1C(=O)N(CC#N)C(=O)C2C1=NC=[N+]2C. The predicted octanol–water partition coefficient (Wildman–Crippen LogP) is -1.14. The van der Waals surface area contributed by atoms with E-state index in [0.717, 1.165) is 4.90 Å². The molecule has 0 aromatic carbocycles. The minimum Gasteiger partial charge on any atom is -0.269 e. The Kier molecular flexibility index (Phi) is 2.20. The van der Waals surface area contributed by atoms with Crippen molar-refractivity contribution in [2.75, 3.05) is 20.6 Å². The number of fused-ring (bicyclic) bond motifs is 1. The van der Waals surface area contributed by atoms with Gasteiger partial charge in [-0.3, -0.25) is 9.69 Å². The van der Waals surface area contributed by atoms with E-state index in [9.17, 15) is 9.59 Å². The molecule has 1 unspecified atom stereocenters. The molecule has 0 aromatic rings. The Labute approximate surface area is 91.9 Å². The van der Waals surface area contributed by atoms with Gasteiger partial charge in [-0.05, 0) is 4.99 Å². The molecule has 1 saturated heterocycles. The number of nitrogens with zero attached hydrogens (tertiary/aromatic N) is 5. The summed E-state index contributed by atoms with van der Waals surface area (Å²) in [6.07, 6.45) is 1.50. The Morgan fingerprint density at radius 1 is 1.62 bits per heavy atom. The topological polar surface area (TPSA) is 79.8 Å². The van der Waals surface area contributed by atoms with Crippen LogP contribution in [0.3, 0.4) is 0 Å². The van der Waals surface area contributed by atoms with Gasteiger partial charge in [0, 0.05) is 7.05 Å². The average Bonchev–Trinajstić information content (AvgIpc) is 2.64. The highest BCUT2D eigenvalue weighted by molar-refractivity contribution is 6.21. The number of hydrogen-bond acceptors (Lipinski definition) is 4. The van der Waals surface area contributed by atoms with Crippen LogP contribution in [0.25, 0.3) is 0 Å². The highest BCUT2D eigenvalue weighted by Gasteiger charge is 2.50. The van der Waals surface area contributed by atoms with Crippen LogP contribution in [0.1, 0.15) is 0 Å². The Bertz CT molecular complexity index is 473. The molecule has 0 aliphatic carbocycles. The highest BCUT2D eigenvalue weighted by Crippen LogP contribution is 2.16. The lowest BCUT2D eigenvalue weighted by Crippen LogP contribution is -2.62. The lowest BCUT2D eigenvalue weighted by molar-refractivity contribution is -0.500. The standard InChI is InChI=1S/C9H10N5O2/c1-12-5-11-7-6(12)8(15)14(4-3-10)9(16)13(7)2/h5-6H,4H2,1-2H3/q+1. The largest absolute Gasteiger partial charge is 0.334 e. The van der Waals surface area contributed by atoms with Crippen molar-refractivity contribution in [3.63, 3.8) is 0 Å². The fourth-order valence-electron chi connectivity index (χ4n) is 1.76. The van der Waals surface area contributed by atoms with Gasteiger partial charge in [-0.1, -0.05) is 0 Å². The Balaban J connectivity index is 2.39. The highest BCUT2D eigenvalue weighted by atomic mass is 16.2. The molecule has 16 heavy (non-hydrogen) atoms. The molecular formula is C9H10N5O2+. The van der Waals surface area contributed by atoms with E-state index < -0.39 is 18.0 Å². The zero-order chi connectivity index (χ0) is 11.9. The first-order valence-electron chi connectivity index (χ1n) is 4.67. The van der Waals surface area contributed by atoms with Crippen LogP contribution < -0.4 is 0 Å². The number of urea groups is 1. The number of nitriles is 1. The van der Waals surface area contributed by atoms with Crippen LogP contribution in [0.5, 0.6) is 0 Å². The summed E-state index contributed by atoms with van der Waals surface area (Å²) >= 11 is 0. The van der Waals surface area contributed by atoms with E-state index in [0.29, 0.717) is 5.84 Å². The molecule has 3 amide bonds. The van der Waals surface area contributed by atoms with Gasteiger partial charge in [0.2, 0.25) is 0 Å². The summed E-state index contributed by atoms with van der Waals surface area (Å²) in [6.45, 7) is -0.236. The zero-order valence-corrected chi connectivity index (χ0v) is 8.91. The third kappa shape index (κ3) is 1.20. The number of likely N-dealkylation sites (N-methyl/N-ethyl adjacent to an activating group) is 2. The molecule has 0 saturated carbocycles. The van der Waals surface area contributed by atoms with Gasteiger partial charge in [0.15, 0.2) is 0 Å². The maximum Gasteiger partial charge on any atom is 0.334 e. The number of imide groups is 1. The first-order chi connectivity index (χ1) is 7.57. The van der Waals surface area contributed by atoms with Crippen LogP contribution in [-0.4, -0.2) is 65.2 Å². The predicted molar refractivity (Wildman–Crippen MR) is 54.0 cm³/mol. The molecular weight excluding hydrogens is 210 g/mol. The summed E-state index contributed by atoms with van der Waals surface area (Å²) in [7, 11) is 3.24. The van der Waals surface area contributed by atoms with Gasteiger partial charge >= 0.3 is 6.03 Å². The first-order valence-corrected chi connectivity index (χ1v) is 4.67. The first kappa shape index (κ1) is 10.3. The third-order valence-corrected chi connectivity index (χ3v) is 2.61. The Hall–Kier alpha value is -2.23. The van der Waals surface area contributed by atoms with Gasteiger partial charge in [-0.2, -0.15) is 5.26 Å². The molecule has 0 spiro atoms. The molecule has 2 aliphatic rings. The lowest BCUT2D eigenvalue weighted by Gasteiger charge is -2.31. The molecule has 82 valence electrons. The van der Waals surface area contributed by atoms with E-state index in [1.54, 1.807) is 17.7 Å². The van der Waals surface area contributed by atoms with Crippen molar-refractivity contribution in [3.8, 4) is 6.07 Å². The second-order valence-electron chi connectivity index (χ2n) is 3.59. The molecule has 2 rings (SSSR count). The van der Waals surface area contributed by atoms with Crippen LogP contribution in [0.2, 0.25) is 0 Å². The van der Waals surface area contributed by atoms with Crippen LogP contribution in [0, 0.1) is 11.3 Å². The van der Waals surface area contributed by atoms with E-state index >= 15 is 0 Å². The maximum absolute atomic E-state index is 11.9. The fraction of sp³-hybridized carbons (Fsp3) is 0.444. The van der Waals surface area contributed by atoms with Crippen LogP contribution in [0.4, 0.5) is 4.79 Å². The minimum atomic E-state index is -0.587. The van der Waals surface area contributed by atoms with E-state index in [4.69, 9.17) is 5.26 Å². The summed E-state index contributed by atoms with van der Waals surface area (Å²) in [5.41, 5.74) is 0. The monoisotopic (exact) mass is 220 g/mol. The minimum absolute atomic E-state index is 0.236. The van der Waals surface area contributed by atoms with Gasteiger partial charge in [-0.15, -0.1) is 0 Å². The molecule has 0 N–H and O–H groups in total. The molecule has 2 aliphatic heterocycles. The smallest absolute Gasteiger partial charge is 0.269 e. The normalized spacial score (nSPS) is 23.9. The van der Waals surface area contributed by atoms with Crippen LogP contribution >= 0.6 is 0 Å². The zero-order valence-electron chi connectivity index (χ0n) is 8.91. The molecule has 1 fully saturated rings. The van der Waals surface area contributed by atoms with Crippen molar-refractivity contribution in [2.24, 2.45) is 4.99 Å². The molecule has 2 heterocycles. The maximum atomic E-state index is 11.9. The van der Waals surface area contributed by atoms with E-state index in [1.165, 1.54) is 18.3 Å². The quantitative estimate of drug-likeness (QED) is 0.413. The number of amides is 3. The summed E-state index contributed by atoms with van der Waals surface area (Å²) < 4.78 is 1.62. The van der Waals surface area contributed by atoms with E-state index in [-0.39, 0.29) is 6.54 Å². The molecule has 7 heteroatoms. The number of rotatable bonds is 1. The van der Waals surface area contributed by atoms with Crippen molar-refractivity contribution in [1.29, 1.82) is 5.26 Å². The van der Waals surface area contributed by atoms with Crippen molar-refractivity contribution in [1.82, 2.24) is 9.80 Å². The lowest BCUT2D eigenvalue weighted by atomic mass is 10.1. The van der Waals surface area contributed by atoms with Crippen molar-refractivity contribution in [2.45, 2.75) is 6.04 Å². The number of carbonyl (C=O) groups is 2. The summed E-state index contributed by atoms with van der Waals surface area (Å²) in [4.78, 5) is 29.9. The molecule has 0 radical (unpaired) electrons. The second kappa shape index (κ2) is 3.41. The summed E-state index contributed by atoms with van der Waals surface area (Å²) in [6, 6.07) is 0.707. The van der Waals surface area contributed by atoms with Crippen molar-refractivity contribution in [3.05, 3.63) is 0 Å². The Morgan fingerprint density at radius 2 is 2.31 bits per heavy atom. The van der Waals surface area contributed by atoms with Crippen LogP contribution in [0.15, 0.2) is 4.99 Å². The van der Waals surface area contributed by atoms with Gasteiger partial charge in [0.05, 0.1) is 13.1 Å². The molecule has 0 aromatic heterocycles. The number of hydrogen-bond donors (Lipinski definition) is 0. The number of carbonyl (C=O) groups excluding carboxylic acids is 2. The summed E-state index contributed by atoms with van der Waals surface area (Å²) in [5, 5.41) is 8.58. The average molecular weight is 220 g/mol. The van der Waals surface area contributed by atoms with E-state index in [2.05, 4.69) is 4.99 Å². The molecule has 7 nitrogen and oxygen atoms in total. The van der Waals surface area contributed by atoms with Gasteiger partial charge in [0.25, 0.3) is 24.1 Å². The van der Waals surface area contributed by atoms with Gasteiger partial charge in [0.1, 0.15) is 6.54 Å². The van der Waals surface area contributed by atoms with Crippen LogP contribution in [-0.2, 0) is 4.79 Å². The Morgan fingerprint density at radius 3 is 2.94 bits per heavy atom. The van der Waals surface area contributed by atoms with E-state index in [1.807, 2.05) is 0 Å². The fourth-order valence-corrected chi connectivity index (χ4v) is 1.76.